The van der Waals surface area contributed by atoms with Gasteiger partial charge in [-0.3, -0.25) is 9.48 Å². The summed E-state index contributed by atoms with van der Waals surface area (Å²) in [5.74, 6) is -1.78. The van der Waals surface area contributed by atoms with Crippen LogP contribution in [0.15, 0.2) is 42.5 Å². The summed E-state index contributed by atoms with van der Waals surface area (Å²) in [7, 11) is 0. The first-order valence-corrected chi connectivity index (χ1v) is 13.1. The standard InChI is InChI=1S/C29H36F2N4O2/c1-4-19-9-10-21-7-6-8-25(24(21)14-19)32-17-28(36)26(15-20-12-22(30)16-23(31)13-20)33-29(37)27-11-18(3)34-35(27)5-2/h9-14,16,25-26,28,32,36H,4-8,15,17H2,1-3H3,(H,33,37)/t25-,26-,28-/m0/s1. The predicted octanol–water partition coefficient (Wildman–Crippen LogP) is 4.42. The van der Waals surface area contributed by atoms with E-state index in [4.69, 9.17) is 0 Å². The number of nitrogens with one attached hydrogen (secondary N) is 2. The zero-order valence-corrected chi connectivity index (χ0v) is 21.7. The Bertz CT molecular complexity index is 1220. The van der Waals surface area contributed by atoms with Gasteiger partial charge in [-0.15, -0.1) is 0 Å². The van der Waals surface area contributed by atoms with E-state index in [1.54, 1.807) is 17.7 Å². The molecule has 0 bridgehead atoms. The molecule has 8 heteroatoms. The summed E-state index contributed by atoms with van der Waals surface area (Å²) in [5.41, 5.74) is 5.29. The Balaban J connectivity index is 1.53. The van der Waals surface area contributed by atoms with Crippen molar-refractivity contribution in [3.8, 4) is 0 Å². The van der Waals surface area contributed by atoms with E-state index < -0.39 is 23.8 Å². The summed E-state index contributed by atoms with van der Waals surface area (Å²) < 4.78 is 29.4. The average molecular weight is 511 g/mol. The van der Waals surface area contributed by atoms with Crippen LogP contribution in [-0.4, -0.2) is 39.5 Å². The van der Waals surface area contributed by atoms with Gasteiger partial charge in [-0.25, -0.2) is 8.78 Å². The minimum Gasteiger partial charge on any atom is -0.390 e. The molecule has 1 amide bonds. The topological polar surface area (TPSA) is 79.2 Å². The number of aliphatic hydroxyl groups is 1. The SMILES string of the molecule is CCc1ccc2c(c1)[C@@H](NC[C@H](O)[C@H](Cc1cc(F)cc(F)c1)NC(=O)c1cc(C)nn1CC)CCC2. The lowest BCUT2D eigenvalue weighted by atomic mass is 9.86. The van der Waals surface area contributed by atoms with E-state index in [9.17, 15) is 18.7 Å². The minimum atomic E-state index is -0.992. The highest BCUT2D eigenvalue weighted by molar-refractivity contribution is 5.93. The third kappa shape index (κ3) is 6.62. The molecule has 0 saturated heterocycles. The molecular formula is C29H36F2N4O2. The van der Waals surface area contributed by atoms with Gasteiger partial charge in [0.05, 0.1) is 17.8 Å². The summed E-state index contributed by atoms with van der Waals surface area (Å²) in [6.07, 6.45) is 3.07. The highest BCUT2D eigenvalue weighted by atomic mass is 19.1. The summed E-state index contributed by atoms with van der Waals surface area (Å²) in [6, 6.07) is 10.9. The van der Waals surface area contributed by atoms with Gasteiger partial charge in [-0.05, 0) is 86.4 Å². The van der Waals surface area contributed by atoms with Crippen LogP contribution in [0.3, 0.4) is 0 Å². The van der Waals surface area contributed by atoms with Crippen molar-refractivity contribution in [2.24, 2.45) is 0 Å². The first-order chi connectivity index (χ1) is 17.8. The van der Waals surface area contributed by atoms with Crippen molar-refractivity contribution in [3.63, 3.8) is 0 Å². The van der Waals surface area contributed by atoms with E-state index in [1.165, 1.54) is 28.8 Å². The van der Waals surface area contributed by atoms with Crippen molar-refractivity contribution in [1.82, 2.24) is 20.4 Å². The number of fused-ring (bicyclic) bond motifs is 1. The molecule has 6 nitrogen and oxygen atoms in total. The molecule has 0 radical (unpaired) electrons. The molecule has 0 unspecified atom stereocenters. The molecule has 0 fully saturated rings. The molecule has 1 aromatic heterocycles. The van der Waals surface area contributed by atoms with Gasteiger partial charge in [0.2, 0.25) is 0 Å². The van der Waals surface area contributed by atoms with Crippen LogP contribution >= 0.6 is 0 Å². The van der Waals surface area contributed by atoms with Crippen LogP contribution in [0.4, 0.5) is 8.78 Å². The molecule has 0 aliphatic heterocycles. The molecule has 1 aliphatic rings. The summed E-state index contributed by atoms with van der Waals surface area (Å²) in [6.45, 7) is 6.56. The van der Waals surface area contributed by atoms with Gasteiger partial charge < -0.3 is 15.7 Å². The Morgan fingerprint density at radius 2 is 1.89 bits per heavy atom. The number of carbonyl (C=O) groups excluding carboxylic acids is 1. The number of hydrogen-bond donors (Lipinski definition) is 3. The highest BCUT2D eigenvalue weighted by Crippen LogP contribution is 2.30. The van der Waals surface area contributed by atoms with Crippen molar-refractivity contribution in [1.29, 1.82) is 0 Å². The van der Waals surface area contributed by atoms with Crippen LogP contribution in [0.2, 0.25) is 0 Å². The molecule has 1 aliphatic carbocycles. The van der Waals surface area contributed by atoms with Gasteiger partial charge in [-0.2, -0.15) is 5.10 Å². The van der Waals surface area contributed by atoms with Crippen LogP contribution in [0.5, 0.6) is 0 Å². The number of hydrogen-bond acceptors (Lipinski definition) is 4. The van der Waals surface area contributed by atoms with E-state index in [-0.39, 0.29) is 24.9 Å². The average Bonchev–Trinajstić information content (AvgIpc) is 3.26. The second-order valence-corrected chi connectivity index (χ2v) is 9.86. The van der Waals surface area contributed by atoms with Crippen LogP contribution in [0.1, 0.15) is 71.2 Å². The maximum atomic E-state index is 13.9. The maximum absolute atomic E-state index is 13.9. The number of benzene rings is 2. The Kier molecular flexibility index (Phi) is 8.71. The fourth-order valence-electron chi connectivity index (χ4n) is 5.16. The third-order valence-corrected chi connectivity index (χ3v) is 7.10. The Labute approximate surface area is 217 Å². The summed E-state index contributed by atoms with van der Waals surface area (Å²) in [4.78, 5) is 13.2. The molecule has 3 aromatic rings. The predicted molar refractivity (Wildman–Crippen MR) is 139 cm³/mol. The van der Waals surface area contributed by atoms with E-state index in [0.29, 0.717) is 23.5 Å². The first kappa shape index (κ1) is 26.9. The first-order valence-electron chi connectivity index (χ1n) is 13.1. The number of rotatable bonds is 10. The van der Waals surface area contributed by atoms with Crippen LogP contribution in [-0.2, 0) is 25.8 Å². The zero-order valence-electron chi connectivity index (χ0n) is 21.7. The smallest absolute Gasteiger partial charge is 0.269 e. The number of amides is 1. The lowest BCUT2D eigenvalue weighted by molar-refractivity contribution is 0.0813. The molecule has 0 saturated carbocycles. The highest BCUT2D eigenvalue weighted by Gasteiger charge is 2.27. The molecule has 0 spiro atoms. The van der Waals surface area contributed by atoms with Gasteiger partial charge in [0.15, 0.2) is 0 Å². The molecule has 2 aromatic carbocycles. The molecule has 1 heterocycles. The Morgan fingerprint density at radius 3 is 2.59 bits per heavy atom. The van der Waals surface area contributed by atoms with Gasteiger partial charge in [-0.1, -0.05) is 25.1 Å². The van der Waals surface area contributed by atoms with Gasteiger partial charge in [0.1, 0.15) is 17.3 Å². The van der Waals surface area contributed by atoms with Crippen molar-refractivity contribution >= 4 is 5.91 Å². The number of nitrogens with zero attached hydrogens (tertiary/aromatic N) is 2. The van der Waals surface area contributed by atoms with Gasteiger partial charge >= 0.3 is 0 Å². The minimum absolute atomic E-state index is 0.0732. The van der Waals surface area contributed by atoms with E-state index in [1.807, 2.05) is 6.92 Å². The normalized spacial score (nSPS) is 16.8. The van der Waals surface area contributed by atoms with Gasteiger partial charge in [0, 0.05) is 25.2 Å². The summed E-state index contributed by atoms with van der Waals surface area (Å²) >= 11 is 0. The number of aromatic nitrogens is 2. The van der Waals surface area contributed by atoms with Crippen LogP contribution in [0, 0.1) is 18.6 Å². The maximum Gasteiger partial charge on any atom is 0.269 e. The van der Waals surface area contributed by atoms with Gasteiger partial charge in [0.25, 0.3) is 5.91 Å². The Hall–Kier alpha value is -3.10. The quantitative estimate of drug-likeness (QED) is 0.377. The molecule has 3 atom stereocenters. The van der Waals surface area contributed by atoms with Crippen molar-refractivity contribution in [3.05, 3.63) is 87.7 Å². The fraction of sp³-hybridized carbons (Fsp3) is 0.448. The largest absolute Gasteiger partial charge is 0.390 e. The number of aryl methyl sites for hydroxylation is 4. The number of aliphatic hydroxyl groups excluding tert-OH is 1. The van der Waals surface area contributed by atoms with Crippen LogP contribution < -0.4 is 10.6 Å². The second kappa shape index (κ2) is 12.0. The van der Waals surface area contributed by atoms with Crippen molar-refractivity contribution in [2.75, 3.05) is 6.54 Å². The fourth-order valence-corrected chi connectivity index (χ4v) is 5.16. The Morgan fingerprint density at radius 1 is 1.14 bits per heavy atom. The lowest BCUT2D eigenvalue weighted by Crippen LogP contribution is -2.49. The van der Waals surface area contributed by atoms with E-state index in [0.717, 1.165) is 31.7 Å². The molecule has 4 rings (SSSR count). The molecule has 3 N–H and O–H groups in total. The van der Waals surface area contributed by atoms with Crippen molar-refractivity contribution in [2.45, 2.75) is 77.6 Å². The lowest BCUT2D eigenvalue weighted by Gasteiger charge is -2.30. The van der Waals surface area contributed by atoms with E-state index in [2.05, 4.69) is 40.9 Å². The molecule has 198 valence electrons. The number of halogens is 2. The van der Waals surface area contributed by atoms with E-state index >= 15 is 0 Å². The third-order valence-electron chi connectivity index (χ3n) is 7.10. The monoisotopic (exact) mass is 510 g/mol. The van der Waals surface area contributed by atoms with Crippen molar-refractivity contribution < 1.29 is 18.7 Å². The zero-order chi connectivity index (χ0) is 26.5. The van der Waals surface area contributed by atoms with Crippen LogP contribution in [0.25, 0.3) is 0 Å². The summed E-state index contributed by atoms with van der Waals surface area (Å²) in [5, 5.41) is 21.9. The molecular weight excluding hydrogens is 474 g/mol. The number of carbonyl (C=O) groups is 1. The molecule has 37 heavy (non-hydrogen) atoms. The second-order valence-electron chi connectivity index (χ2n) is 9.86.